The van der Waals surface area contributed by atoms with Crippen molar-refractivity contribution >= 4 is 39.5 Å². The van der Waals surface area contributed by atoms with Gasteiger partial charge in [0.1, 0.15) is 6.61 Å². The third-order valence-electron chi connectivity index (χ3n) is 7.95. The molecule has 0 unspecified atom stereocenters. The van der Waals surface area contributed by atoms with Gasteiger partial charge in [0.2, 0.25) is 11.8 Å². The van der Waals surface area contributed by atoms with Crippen molar-refractivity contribution in [2.24, 2.45) is 0 Å². The van der Waals surface area contributed by atoms with Gasteiger partial charge in [-0.3, -0.25) is 9.59 Å². The molecule has 11 heteroatoms. The van der Waals surface area contributed by atoms with Crippen molar-refractivity contribution in [1.82, 2.24) is 16.0 Å². The van der Waals surface area contributed by atoms with E-state index >= 15 is 0 Å². The average molecular weight is 784 g/mol. The minimum atomic E-state index is -0.831. The number of aliphatic hydroxyl groups is 2. The fourth-order valence-corrected chi connectivity index (χ4v) is 7.30. The number of hydrogen-bond acceptors (Lipinski definition) is 8. The maximum Gasteiger partial charge on any atom is 0.407 e. The number of benzene rings is 1. The molecule has 0 spiro atoms. The van der Waals surface area contributed by atoms with E-state index in [1.165, 1.54) is 0 Å². The third kappa shape index (κ3) is 27.1. The molecule has 1 aromatic carbocycles. The first-order valence-electron chi connectivity index (χ1n) is 19.2. The van der Waals surface area contributed by atoms with Crippen LogP contribution in [0.1, 0.15) is 90.5 Å². The van der Waals surface area contributed by atoms with E-state index in [0.717, 1.165) is 50.5 Å². The van der Waals surface area contributed by atoms with Crippen LogP contribution in [0.4, 0.5) is 4.79 Å². The fourth-order valence-electron chi connectivity index (χ4n) is 4.72. The van der Waals surface area contributed by atoms with Crippen LogP contribution in [0.2, 0.25) is 0 Å². The lowest BCUT2D eigenvalue weighted by Gasteiger charge is -2.33. The van der Waals surface area contributed by atoms with Crippen LogP contribution >= 0.6 is 21.6 Å². The van der Waals surface area contributed by atoms with E-state index < -0.39 is 36.1 Å². The topological polar surface area (TPSA) is 137 Å². The lowest BCUT2D eigenvalue weighted by atomic mass is 10.0. The zero-order chi connectivity index (χ0) is 39.5. The number of alkyl carbamates (subject to hydrolysis) is 1. The summed E-state index contributed by atoms with van der Waals surface area (Å²) >= 11 is 0. The van der Waals surface area contributed by atoms with Gasteiger partial charge >= 0.3 is 6.09 Å². The molecule has 0 aliphatic rings. The molecule has 300 valence electrons. The van der Waals surface area contributed by atoms with Crippen molar-refractivity contribution in [1.29, 1.82) is 0 Å². The normalized spacial score (nSPS) is 13.0. The van der Waals surface area contributed by atoms with E-state index in [1.54, 1.807) is 21.6 Å². The smallest absolute Gasteiger partial charge is 0.407 e. The summed E-state index contributed by atoms with van der Waals surface area (Å²) in [5.41, 5.74) is 1.16. The Morgan fingerprint density at radius 3 is 1.87 bits per heavy atom. The van der Waals surface area contributed by atoms with Gasteiger partial charge in [-0.15, -0.1) is 0 Å². The number of nitrogens with one attached hydrogen (secondary N) is 3. The van der Waals surface area contributed by atoms with E-state index in [1.807, 2.05) is 50.3 Å². The molecule has 5 N–H and O–H groups in total. The first-order valence-corrected chi connectivity index (χ1v) is 21.5. The number of allylic oxidation sites excluding steroid dienone is 12. The largest absolute Gasteiger partial charge is 0.447 e. The summed E-state index contributed by atoms with van der Waals surface area (Å²) in [7, 11) is 3.12. The van der Waals surface area contributed by atoms with Crippen molar-refractivity contribution < 1.29 is 29.3 Å². The van der Waals surface area contributed by atoms with Crippen LogP contribution < -0.4 is 16.0 Å². The Morgan fingerprint density at radius 1 is 0.759 bits per heavy atom. The number of carbonyl (C=O) groups excluding carboxylic acids is 3. The summed E-state index contributed by atoms with van der Waals surface area (Å²) in [6, 6.07) is 8.63. The maximum absolute atomic E-state index is 12.9. The SMILES string of the molecule is CC/C=C\C/C=C\C/C=C\C/C=C\C/C=C\C/C=C\CCC(=O)NCCSSC(C)(C)[C@@H](COC(=O)NC(CO)CO)NC(=O)CCCc1ccccc1. The summed E-state index contributed by atoms with van der Waals surface area (Å²) in [5, 5.41) is 26.9. The Hall–Kier alpha value is -3.51. The van der Waals surface area contributed by atoms with Crippen LogP contribution in [-0.2, 0) is 20.7 Å². The number of amides is 3. The molecule has 54 heavy (non-hydrogen) atoms. The summed E-state index contributed by atoms with van der Waals surface area (Å²) in [6.07, 6.45) is 33.8. The Morgan fingerprint density at radius 2 is 1.31 bits per heavy atom. The minimum Gasteiger partial charge on any atom is -0.447 e. The van der Waals surface area contributed by atoms with Crippen molar-refractivity contribution in [3.8, 4) is 0 Å². The first-order chi connectivity index (χ1) is 26.2. The molecular formula is C43H65N3O6S2. The highest BCUT2D eigenvalue weighted by Gasteiger charge is 2.33. The van der Waals surface area contributed by atoms with Gasteiger partial charge < -0.3 is 30.9 Å². The Bertz CT molecular complexity index is 1320. The molecule has 0 bridgehead atoms. The fraction of sp³-hybridized carbons (Fsp3) is 0.512. The van der Waals surface area contributed by atoms with E-state index in [2.05, 4.69) is 89.7 Å². The second-order valence-electron chi connectivity index (χ2n) is 13.1. The van der Waals surface area contributed by atoms with Crippen LogP contribution in [0.3, 0.4) is 0 Å². The van der Waals surface area contributed by atoms with Crippen LogP contribution in [0, 0.1) is 0 Å². The van der Waals surface area contributed by atoms with Crippen LogP contribution in [-0.4, -0.2) is 77.1 Å². The molecule has 9 nitrogen and oxygen atoms in total. The predicted molar refractivity (Wildman–Crippen MR) is 228 cm³/mol. The average Bonchev–Trinajstić information content (AvgIpc) is 3.16. The zero-order valence-electron chi connectivity index (χ0n) is 32.6. The van der Waals surface area contributed by atoms with Crippen molar-refractivity contribution in [3.63, 3.8) is 0 Å². The number of hydrogen-bond donors (Lipinski definition) is 5. The maximum atomic E-state index is 12.9. The number of rotatable bonds is 30. The third-order valence-corrected chi connectivity index (χ3v) is 11.3. The molecule has 0 aliphatic carbocycles. The second kappa shape index (κ2) is 32.9. The standard InChI is InChI=1S/C43H65N3O6S2/c1-4-5-6-7-8-9-10-11-12-13-14-15-16-17-18-19-20-21-25-30-40(49)44-32-33-53-54-43(2,3)39(36-52-42(51)45-38(34-47)35-48)46-41(50)31-26-29-37-27-23-22-24-28-37/h5-6,8-9,11-12,14-15,17-18,20-24,27-28,38-39,47-48H,4,7,10,13,16,19,25-26,29-36H2,1-3H3,(H,44,49)(H,45,51)(H,46,50)/b6-5-,9-8-,12-11-,15-14-,18-17-,21-20-/t39-/m1/s1. The van der Waals surface area contributed by atoms with Gasteiger partial charge in [0.05, 0.1) is 25.3 Å². The Balaban J connectivity index is 2.34. The summed E-state index contributed by atoms with van der Waals surface area (Å²) in [4.78, 5) is 37.5. The molecule has 0 aliphatic heterocycles. The van der Waals surface area contributed by atoms with Gasteiger partial charge in [0, 0.05) is 29.9 Å². The first kappa shape index (κ1) is 48.5. The van der Waals surface area contributed by atoms with Gasteiger partial charge in [-0.05, 0) is 77.2 Å². The van der Waals surface area contributed by atoms with E-state index in [0.29, 0.717) is 38.0 Å². The lowest BCUT2D eigenvalue weighted by molar-refractivity contribution is -0.122. The van der Waals surface area contributed by atoms with Crippen molar-refractivity contribution in [3.05, 3.63) is 109 Å². The van der Waals surface area contributed by atoms with Crippen LogP contribution in [0.5, 0.6) is 0 Å². The monoisotopic (exact) mass is 783 g/mol. The molecule has 0 heterocycles. The highest BCUT2D eigenvalue weighted by atomic mass is 33.1. The lowest BCUT2D eigenvalue weighted by Crippen LogP contribution is -2.51. The van der Waals surface area contributed by atoms with Gasteiger partial charge in [-0.1, -0.05) is 132 Å². The highest BCUT2D eigenvalue weighted by Crippen LogP contribution is 2.38. The summed E-state index contributed by atoms with van der Waals surface area (Å²) in [5.74, 6) is 0.526. The summed E-state index contributed by atoms with van der Waals surface area (Å²) in [6.45, 7) is 5.64. The molecule has 0 fully saturated rings. The molecule has 1 atom stereocenters. The molecule has 0 aromatic heterocycles. The van der Waals surface area contributed by atoms with E-state index in [-0.39, 0.29) is 18.4 Å². The quantitative estimate of drug-likeness (QED) is 0.0299. The minimum absolute atomic E-state index is 0.00325. The van der Waals surface area contributed by atoms with E-state index in [4.69, 9.17) is 4.74 Å². The van der Waals surface area contributed by atoms with Crippen molar-refractivity contribution in [2.75, 3.05) is 32.1 Å². The molecule has 1 rings (SSSR count). The molecule has 0 saturated heterocycles. The van der Waals surface area contributed by atoms with Gasteiger partial charge in [0.15, 0.2) is 0 Å². The van der Waals surface area contributed by atoms with Crippen molar-refractivity contribution in [2.45, 2.75) is 108 Å². The number of ether oxygens (including phenoxy) is 1. The molecule has 0 radical (unpaired) electrons. The Kier molecular flexibility index (Phi) is 29.5. The van der Waals surface area contributed by atoms with Gasteiger partial charge in [0.25, 0.3) is 0 Å². The number of carbonyl (C=O) groups is 3. The summed E-state index contributed by atoms with van der Waals surface area (Å²) < 4.78 is 4.85. The molecule has 3 amide bonds. The Labute approximate surface area is 332 Å². The predicted octanol–water partition coefficient (Wildman–Crippen LogP) is 8.33. The van der Waals surface area contributed by atoms with E-state index in [9.17, 15) is 24.6 Å². The number of aryl methyl sites for hydroxylation is 1. The zero-order valence-corrected chi connectivity index (χ0v) is 34.3. The molecular weight excluding hydrogens is 719 g/mol. The number of aliphatic hydroxyl groups excluding tert-OH is 2. The molecule has 1 aromatic rings. The van der Waals surface area contributed by atoms with Crippen LogP contribution in [0.25, 0.3) is 0 Å². The van der Waals surface area contributed by atoms with Crippen LogP contribution in [0.15, 0.2) is 103 Å². The molecule has 0 saturated carbocycles. The second-order valence-corrected chi connectivity index (χ2v) is 16.1. The van der Waals surface area contributed by atoms with Gasteiger partial charge in [-0.25, -0.2) is 4.79 Å². The highest BCUT2D eigenvalue weighted by molar-refractivity contribution is 8.77. The van der Waals surface area contributed by atoms with Gasteiger partial charge in [-0.2, -0.15) is 0 Å².